The molecule has 0 bridgehead atoms. The Morgan fingerprint density at radius 3 is 2.67 bits per heavy atom. The van der Waals surface area contributed by atoms with Crippen LogP contribution < -0.4 is 10.2 Å². The van der Waals surface area contributed by atoms with E-state index in [4.69, 9.17) is 11.6 Å². The summed E-state index contributed by atoms with van der Waals surface area (Å²) in [6, 6.07) is 4.69. The summed E-state index contributed by atoms with van der Waals surface area (Å²) in [5, 5.41) is 3.74. The van der Waals surface area contributed by atoms with Crippen LogP contribution >= 0.6 is 11.6 Å². The highest BCUT2D eigenvalue weighted by molar-refractivity contribution is 6.33. The van der Waals surface area contributed by atoms with Crippen LogP contribution in [0.15, 0.2) is 30.6 Å². The van der Waals surface area contributed by atoms with Crippen LogP contribution in [0.4, 0.5) is 24.5 Å². The van der Waals surface area contributed by atoms with Gasteiger partial charge in [0, 0.05) is 13.2 Å². The maximum absolute atomic E-state index is 13.3. The zero-order chi connectivity index (χ0) is 17.3. The predicted molar refractivity (Wildman–Crippen MR) is 89.0 cm³/mol. The highest BCUT2D eigenvalue weighted by Crippen LogP contribution is 2.42. The average molecular weight is 356 g/mol. The van der Waals surface area contributed by atoms with Crippen LogP contribution in [0.1, 0.15) is 16.7 Å². The van der Waals surface area contributed by atoms with Gasteiger partial charge in [0.1, 0.15) is 0 Å². The monoisotopic (exact) mass is 355 g/mol. The molecule has 1 N–H and O–H groups in total. The van der Waals surface area contributed by atoms with Crippen molar-refractivity contribution in [2.45, 2.75) is 19.0 Å². The van der Waals surface area contributed by atoms with Crippen LogP contribution in [-0.4, -0.2) is 25.1 Å². The van der Waals surface area contributed by atoms with Crippen LogP contribution in [0.3, 0.4) is 0 Å². The van der Waals surface area contributed by atoms with Crippen molar-refractivity contribution in [1.29, 1.82) is 0 Å². The minimum atomic E-state index is -4.45. The number of nitrogens with one attached hydrogen (secondary N) is 1. The molecule has 0 unspecified atom stereocenters. The second-order valence-corrected chi connectivity index (χ2v) is 6.14. The molecule has 1 aliphatic rings. The summed E-state index contributed by atoms with van der Waals surface area (Å²) >= 11 is 6.36. The molecule has 0 saturated heterocycles. The fourth-order valence-electron chi connectivity index (χ4n) is 3.10. The number of anilines is 2. The number of nitrogens with zero attached hydrogens (tertiary/aromatic N) is 2. The van der Waals surface area contributed by atoms with E-state index in [1.807, 2.05) is 6.07 Å². The van der Waals surface area contributed by atoms with Crippen molar-refractivity contribution in [2.75, 3.05) is 25.0 Å². The van der Waals surface area contributed by atoms with Gasteiger partial charge in [-0.25, -0.2) is 0 Å². The van der Waals surface area contributed by atoms with E-state index in [-0.39, 0.29) is 5.69 Å². The molecule has 7 heteroatoms. The van der Waals surface area contributed by atoms with Crippen LogP contribution in [0.2, 0.25) is 5.02 Å². The average Bonchev–Trinajstić information content (AvgIpc) is 2.79. The molecule has 0 spiro atoms. The van der Waals surface area contributed by atoms with Crippen LogP contribution in [0.5, 0.6) is 0 Å². The zero-order valence-corrected chi connectivity index (χ0v) is 13.9. The molecule has 1 aromatic heterocycles. The Morgan fingerprint density at radius 1 is 1.17 bits per heavy atom. The van der Waals surface area contributed by atoms with Crippen molar-refractivity contribution in [3.05, 3.63) is 52.3 Å². The van der Waals surface area contributed by atoms with Crippen molar-refractivity contribution in [2.24, 2.45) is 0 Å². The number of hydrogen-bond donors (Lipinski definition) is 1. The number of benzene rings is 1. The standard InChI is InChI=1S/C17H17ClF3N3/c1-24(15-10-23-9-6-13(15)17(19,20)21)16-12-5-8-22-7-4-11(12)2-3-14(16)18/h2-3,6,9-10,22H,4-5,7-8H2,1H3. The molecule has 1 aliphatic heterocycles. The summed E-state index contributed by atoms with van der Waals surface area (Å²) in [4.78, 5) is 5.37. The highest BCUT2D eigenvalue weighted by atomic mass is 35.5. The molecule has 0 amide bonds. The van der Waals surface area contributed by atoms with Crippen molar-refractivity contribution in [3.8, 4) is 0 Å². The molecule has 0 aliphatic carbocycles. The van der Waals surface area contributed by atoms with Gasteiger partial charge in [-0.2, -0.15) is 13.2 Å². The van der Waals surface area contributed by atoms with E-state index in [0.29, 0.717) is 10.7 Å². The van der Waals surface area contributed by atoms with Crippen molar-refractivity contribution in [1.82, 2.24) is 10.3 Å². The van der Waals surface area contributed by atoms with Crippen molar-refractivity contribution in [3.63, 3.8) is 0 Å². The Labute approximate surface area is 143 Å². The minimum Gasteiger partial charge on any atom is -0.341 e. The lowest BCUT2D eigenvalue weighted by atomic mass is 9.99. The van der Waals surface area contributed by atoms with Gasteiger partial charge in [0.15, 0.2) is 0 Å². The fraction of sp³-hybridized carbons (Fsp3) is 0.353. The molecule has 3 nitrogen and oxygen atoms in total. The predicted octanol–water partition coefficient (Wildman–Crippen LogP) is 4.21. The maximum atomic E-state index is 13.3. The quantitative estimate of drug-likeness (QED) is 0.874. The molecular weight excluding hydrogens is 339 g/mol. The van der Waals surface area contributed by atoms with E-state index in [9.17, 15) is 13.2 Å². The second-order valence-electron chi connectivity index (χ2n) is 5.73. The van der Waals surface area contributed by atoms with Gasteiger partial charge >= 0.3 is 6.18 Å². The van der Waals surface area contributed by atoms with E-state index in [2.05, 4.69) is 10.3 Å². The summed E-state index contributed by atoms with van der Waals surface area (Å²) in [7, 11) is 1.60. The zero-order valence-electron chi connectivity index (χ0n) is 13.1. The number of rotatable bonds is 2. The summed E-state index contributed by atoms with van der Waals surface area (Å²) in [6.07, 6.45) is -0.527. The van der Waals surface area contributed by atoms with Gasteiger partial charge in [-0.05, 0) is 49.2 Å². The summed E-state index contributed by atoms with van der Waals surface area (Å²) in [5.74, 6) is 0. The topological polar surface area (TPSA) is 28.2 Å². The van der Waals surface area contributed by atoms with Gasteiger partial charge in [0.05, 0.1) is 28.2 Å². The highest BCUT2D eigenvalue weighted by Gasteiger charge is 2.35. The fourth-order valence-corrected chi connectivity index (χ4v) is 3.40. The smallest absolute Gasteiger partial charge is 0.341 e. The Hall–Kier alpha value is -1.79. The molecule has 128 valence electrons. The molecule has 1 aromatic carbocycles. The van der Waals surface area contributed by atoms with Gasteiger partial charge in [-0.15, -0.1) is 0 Å². The van der Waals surface area contributed by atoms with E-state index >= 15 is 0 Å². The van der Waals surface area contributed by atoms with E-state index in [1.54, 1.807) is 13.1 Å². The Balaban J connectivity index is 2.14. The molecule has 2 heterocycles. The number of halogens is 4. The second kappa shape index (κ2) is 6.61. The maximum Gasteiger partial charge on any atom is 0.418 e. The summed E-state index contributed by atoms with van der Waals surface area (Å²) in [5.41, 5.74) is 2.00. The van der Waals surface area contributed by atoms with Crippen LogP contribution in [0.25, 0.3) is 0 Å². The van der Waals surface area contributed by atoms with E-state index in [0.717, 1.165) is 49.3 Å². The van der Waals surface area contributed by atoms with Crippen molar-refractivity contribution < 1.29 is 13.2 Å². The molecule has 0 saturated carbocycles. The lowest BCUT2D eigenvalue weighted by Crippen LogP contribution is -2.19. The minimum absolute atomic E-state index is 0.00231. The molecule has 24 heavy (non-hydrogen) atoms. The molecule has 0 fully saturated rings. The molecule has 2 aromatic rings. The third-order valence-corrected chi connectivity index (χ3v) is 4.56. The number of pyridine rings is 1. The van der Waals surface area contributed by atoms with E-state index in [1.165, 1.54) is 11.1 Å². The molecular formula is C17H17ClF3N3. The number of alkyl halides is 3. The Morgan fingerprint density at radius 2 is 1.92 bits per heavy atom. The van der Waals surface area contributed by atoms with Gasteiger partial charge in [0.25, 0.3) is 0 Å². The molecule has 0 radical (unpaired) electrons. The largest absolute Gasteiger partial charge is 0.418 e. The van der Waals surface area contributed by atoms with Gasteiger partial charge < -0.3 is 10.2 Å². The first-order chi connectivity index (χ1) is 11.4. The first kappa shape index (κ1) is 17.0. The normalized spacial score (nSPS) is 14.9. The summed E-state index contributed by atoms with van der Waals surface area (Å²) in [6.45, 7) is 1.62. The number of fused-ring (bicyclic) bond motifs is 1. The first-order valence-electron chi connectivity index (χ1n) is 7.65. The van der Waals surface area contributed by atoms with Gasteiger partial charge in [-0.1, -0.05) is 17.7 Å². The van der Waals surface area contributed by atoms with Gasteiger partial charge in [-0.3, -0.25) is 4.98 Å². The Bertz CT molecular complexity index is 746. The van der Waals surface area contributed by atoms with E-state index < -0.39 is 11.7 Å². The van der Waals surface area contributed by atoms with Crippen LogP contribution in [-0.2, 0) is 19.0 Å². The third-order valence-electron chi connectivity index (χ3n) is 4.26. The molecule has 0 atom stereocenters. The lowest BCUT2D eigenvalue weighted by molar-refractivity contribution is -0.137. The van der Waals surface area contributed by atoms with Gasteiger partial charge in [0.2, 0.25) is 0 Å². The number of aromatic nitrogens is 1. The van der Waals surface area contributed by atoms with Crippen LogP contribution in [0, 0.1) is 0 Å². The molecule has 3 rings (SSSR count). The Kier molecular flexibility index (Phi) is 4.69. The first-order valence-corrected chi connectivity index (χ1v) is 8.03. The van der Waals surface area contributed by atoms with Crippen molar-refractivity contribution >= 4 is 23.0 Å². The third kappa shape index (κ3) is 3.21. The lowest BCUT2D eigenvalue weighted by Gasteiger charge is -2.27. The SMILES string of the molecule is CN(c1cnccc1C(F)(F)F)c1c(Cl)ccc2c1CCNCC2. The number of hydrogen-bond acceptors (Lipinski definition) is 3. The summed E-state index contributed by atoms with van der Waals surface area (Å²) < 4.78 is 40.0.